The number of esters is 1. The van der Waals surface area contributed by atoms with E-state index >= 15 is 0 Å². The van der Waals surface area contributed by atoms with Gasteiger partial charge in [0.25, 0.3) is 0 Å². The quantitative estimate of drug-likeness (QED) is 0.286. The van der Waals surface area contributed by atoms with Crippen LogP contribution >= 0.6 is 0 Å². The molecular weight excluding hydrogens is 280 g/mol. The maximum absolute atomic E-state index is 11.7. The molecule has 110 valence electrons. The van der Waals surface area contributed by atoms with E-state index in [1.54, 1.807) is 42.5 Å². The molecule has 0 aliphatic carbocycles. The van der Waals surface area contributed by atoms with Gasteiger partial charge in [-0.2, -0.15) is 4.79 Å². The molecular formula is C17H14N2O3. The molecule has 5 heteroatoms. The number of carbonyl (C=O) groups is 2. The standard InChI is InChI=1S/C17H14N2O3/c1-11(20)12-7-9-13(10-8-12)14-5-3-4-6-15(14)16(19-18)17(21)22-2/h3-10H,1-2H3. The number of nitrogens with zero attached hydrogens (tertiary/aromatic N) is 2. The van der Waals surface area contributed by atoms with E-state index in [4.69, 9.17) is 5.53 Å². The second-order valence-corrected chi connectivity index (χ2v) is 4.62. The molecule has 22 heavy (non-hydrogen) atoms. The van der Waals surface area contributed by atoms with Gasteiger partial charge in [0.1, 0.15) is 0 Å². The molecule has 0 radical (unpaired) electrons. The second-order valence-electron chi connectivity index (χ2n) is 4.62. The molecule has 0 aliphatic rings. The van der Waals surface area contributed by atoms with Crippen LogP contribution in [-0.4, -0.2) is 29.4 Å². The summed E-state index contributed by atoms with van der Waals surface area (Å²) in [5.74, 6) is -0.748. The van der Waals surface area contributed by atoms with Gasteiger partial charge < -0.3 is 10.3 Å². The molecule has 0 bridgehead atoms. The summed E-state index contributed by atoms with van der Waals surface area (Å²) in [6.07, 6.45) is 0. The monoisotopic (exact) mass is 294 g/mol. The van der Waals surface area contributed by atoms with E-state index < -0.39 is 5.97 Å². The molecule has 0 saturated heterocycles. The molecule has 0 N–H and O–H groups in total. The summed E-state index contributed by atoms with van der Waals surface area (Å²) in [5, 5.41) is 0. The Morgan fingerprint density at radius 2 is 1.68 bits per heavy atom. The number of carbonyl (C=O) groups excluding carboxylic acids is 2. The summed E-state index contributed by atoms with van der Waals surface area (Å²) in [6, 6.07) is 14.0. The van der Waals surface area contributed by atoms with Gasteiger partial charge in [-0.25, -0.2) is 4.79 Å². The lowest BCUT2D eigenvalue weighted by Crippen LogP contribution is -2.19. The molecule has 0 fully saturated rings. The third-order valence-corrected chi connectivity index (χ3v) is 3.26. The van der Waals surface area contributed by atoms with Crippen molar-refractivity contribution in [3.8, 4) is 11.1 Å². The first-order valence-corrected chi connectivity index (χ1v) is 6.59. The lowest BCUT2D eigenvalue weighted by molar-refractivity contribution is -0.137. The van der Waals surface area contributed by atoms with Gasteiger partial charge in [0.2, 0.25) is 0 Å². The highest BCUT2D eigenvalue weighted by Crippen LogP contribution is 2.24. The Balaban J connectivity index is 2.55. The minimum absolute atomic E-state index is 0.0213. The van der Waals surface area contributed by atoms with Crippen LogP contribution in [0.3, 0.4) is 0 Å². The number of Topliss-reactive ketones (excluding diaryl/α,β-unsaturated/α-hetero) is 1. The van der Waals surface area contributed by atoms with Crippen molar-refractivity contribution in [3.05, 3.63) is 65.2 Å². The van der Waals surface area contributed by atoms with E-state index in [1.807, 2.05) is 6.07 Å². The maximum Gasteiger partial charge on any atom is 0.422 e. The number of ether oxygens (including phenoxy) is 1. The first-order chi connectivity index (χ1) is 10.6. The minimum Gasteiger partial charge on any atom is -0.460 e. The van der Waals surface area contributed by atoms with Crippen LogP contribution in [-0.2, 0) is 9.53 Å². The van der Waals surface area contributed by atoms with Gasteiger partial charge in [-0.3, -0.25) is 4.79 Å². The number of ketones is 1. The van der Waals surface area contributed by atoms with Gasteiger partial charge >= 0.3 is 11.7 Å². The Bertz CT molecular complexity index is 773. The van der Waals surface area contributed by atoms with E-state index in [1.165, 1.54) is 14.0 Å². The third-order valence-electron chi connectivity index (χ3n) is 3.26. The average Bonchev–Trinajstić information content (AvgIpc) is 2.56. The summed E-state index contributed by atoms with van der Waals surface area (Å²) in [4.78, 5) is 26.1. The van der Waals surface area contributed by atoms with Crippen molar-refractivity contribution in [2.45, 2.75) is 6.92 Å². The highest BCUT2D eigenvalue weighted by atomic mass is 16.5. The Kier molecular flexibility index (Phi) is 4.61. The Labute approximate surface area is 127 Å². The topological polar surface area (TPSA) is 79.8 Å². The van der Waals surface area contributed by atoms with Crippen LogP contribution in [0.25, 0.3) is 16.7 Å². The van der Waals surface area contributed by atoms with Crippen molar-refractivity contribution < 1.29 is 19.1 Å². The Hall–Kier alpha value is -3.04. The van der Waals surface area contributed by atoms with Crippen molar-refractivity contribution >= 4 is 17.5 Å². The highest BCUT2D eigenvalue weighted by Gasteiger charge is 2.26. The van der Waals surface area contributed by atoms with Gasteiger partial charge in [0.15, 0.2) is 5.78 Å². The van der Waals surface area contributed by atoms with E-state index in [0.29, 0.717) is 16.7 Å². The number of hydrogen-bond acceptors (Lipinski definition) is 3. The Morgan fingerprint density at radius 3 is 2.23 bits per heavy atom. The fraction of sp³-hybridized carbons (Fsp3) is 0.118. The molecule has 0 spiro atoms. The first-order valence-electron chi connectivity index (χ1n) is 6.59. The van der Waals surface area contributed by atoms with Crippen LogP contribution in [0.4, 0.5) is 0 Å². The molecule has 2 aromatic carbocycles. The van der Waals surface area contributed by atoms with E-state index in [-0.39, 0.29) is 11.5 Å². The number of hydrogen-bond donors (Lipinski definition) is 0. The minimum atomic E-state index is -0.727. The van der Waals surface area contributed by atoms with Crippen LogP contribution in [0.15, 0.2) is 48.5 Å². The zero-order chi connectivity index (χ0) is 16.1. The van der Waals surface area contributed by atoms with Crippen molar-refractivity contribution in [3.63, 3.8) is 0 Å². The number of methoxy groups -OCH3 is 1. The lowest BCUT2D eigenvalue weighted by Gasteiger charge is -2.06. The summed E-state index contributed by atoms with van der Waals surface area (Å²) in [6.45, 7) is 1.50. The highest BCUT2D eigenvalue weighted by molar-refractivity contribution is 6.42. The third kappa shape index (κ3) is 3.00. The summed E-state index contributed by atoms with van der Waals surface area (Å²) in [7, 11) is 1.22. The molecule has 0 atom stereocenters. The molecule has 2 rings (SSSR count). The molecule has 0 unspecified atom stereocenters. The number of benzene rings is 2. The van der Waals surface area contributed by atoms with Crippen LogP contribution in [0, 0.1) is 0 Å². The van der Waals surface area contributed by atoms with Crippen LogP contribution in [0.1, 0.15) is 22.8 Å². The predicted molar refractivity (Wildman–Crippen MR) is 81.6 cm³/mol. The van der Waals surface area contributed by atoms with Crippen LogP contribution < -0.4 is 0 Å². The zero-order valence-electron chi connectivity index (χ0n) is 12.2. The number of rotatable bonds is 4. The average molecular weight is 294 g/mol. The van der Waals surface area contributed by atoms with Crippen LogP contribution in [0.5, 0.6) is 0 Å². The normalized spacial score (nSPS) is 9.73. The summed E-state index contributed by atoms with van der Waals surface area (Å²) < 4.78 is 4.62. The summed E-state index contributed by atoms with van der Waals surface area (Å²) in [5.41, 5.74) is 11.5. The summed E-state index contributed by atoms with van der Waals surface area (Å²) >= 11 is 0. The van der Waals surface area contributed by atoms with E-state index in [2.05, 4.69) is 9.53 Å². The molecule has 0 amide bonds. The van der Waals surface area contributed by atoms with E-state index in [9.17, 15) is 9.59 Å². The van der Waals surface area contributed by atoms with Gasteiger partial charge in [0, 0.05) is 5.56 Å². The first kappa shape index (κ1) is 15.4. The van der Waals surface area contributed by atoms with Gasteiger partial charge in [-0.15, -0.1) is 0 Å². The zero-order valence-corrected chi connectivity index (χ0v) is 12.2. The van der Waals surface area contributed by atoms with Gasteiger partial charge in [0.05, 0.1) is 12.7 Å². The fourth-order valence-corrected chi connectivity index (χ4v) is 2.13. The van der Waals surface area contributed by atoms with Crippen molar-refractivity contribution in [2.75, 3.05) is 7.11 Å². The van der Waals surface area contributed by atoms with Gasteiger partial charge in [-0.05, 0) is 24.1 Å². The maximum atomic E-state index is 11.7. The second kappa shape index (κ2) is 6.61. The molecule has 5 nitrogen and oxygen atoms in total. The van der Waals surface area contributed by atoms with Crippen molar-refractivity contribution in [1.82, 2.24) is 0 Å². The van der Waals surface area contributed by atoms with Crippen molar-refractivity contribution in [1.29, 1.82) is 0 Å². The van der Waals surface area contributed by atoms with Crippen molar-refractivity contribution in [2.24, 2.45) is 0 Å². The SMILES string of the molecule is COC(=O)C(=[N+]=[N-])c1ccccc1-c1ccc(C(C)=O)cc1. The smallest absolute Gasteiger partial charge is 0.422 e. The lowest BCUT2D eigenvalue weighted by atomic mass is 9.95. The van der Waals surface area contributed by atoms with E-state index in [0.717, 1.165) is 5.56 Å². The molecule has 0 aromatic heterocycles. The molecule has 0 saturated carbocycles. The largest absolute Gasteiger partial charge is 0.460 e. The van der Waals surface area contributed by atoms with Gasteiger partial charge in [-0.1, -0.05) is 42.5 Å². The molecule has 0 heterocycles. The predicted octanol–water partition coefficient (Wildman–Crippen LogP) is 2.75. The van der Waals surface area contributed by atoms with Crippen LogP contribution in [0.2, 0.25) is 0 Å². The molecule has 2 aromatic rings. The fourth-order valence-electron chi connectivity index (χ4n) is 2.13. The molecule has 0 aliphatic heterocycles. The Morgan fingerprint density at radius 1 is 1.05 bits per heavy atom.